The largest absolute Gasteiger partial charge is 0.342 e. The van der Waals surface area contributed by atoms with Gasteiger partial charge in [0.1, 0.15) is 5.82 Å². The van der Waals surface area contributed by atoms with Crippen LogP contribution in [0.5, 0.6) is 0 Å². The first-order valence-electron chi connectivity index (χ1n) is 9.32. The monoisotopic (exact) mass is 298 g/mol. The van der Waals surface area contributed by atoms with Gasteiger partial charge in [0, 0.05) is 6.42 Å². The maximum absolute atomic E-state index is 4.76. The summed E-state index contributed by atoms with van der Waals surface area (Å²) >= 11 is 0. The van der Waals surface area contributed by atoms with Crippen molar-refractivity contribution in [3.63, 3.8) is 0 Å². The van der Waals surface area contributed by atoms with Crippen LogP contribution in [0.3, 0.4) is 0 Å². The number of aromatic amines is 1. The minimum atomic E-state index is 0.985. The summed E-state index contributed by atoms with van der Waals surface area (Å²) in [5.74, 6) is 2.16. The van der Waals surface area contributed by atoms with Gasteiger partial charge in [-0.25, -0.2) is 4.98 Å². The van der Waals surface area contributed by atoms with Gasteiger partial charge in [-0.05, 0) is 42.9 Å². The molecule has 1 heterocycles. The number of fused-ring (bicyclic) bond motifs is 1. The van der Waals surface area contributed by atoms with Gasteiger partial charge in [-0.1, -0.05) is 57.9 Å². The van der Waals surface area contributed by atoms with Gasteiger partial charge < -0.3 is 4.98 Å². The summed E-state index contributed by atoms with van der Waals surface area (Å²) < 4.78 is 0. The molecule has 1 aliphatic rings. The van der Waals surface area contributed by atoms with Crippen molar-refractivity contribution in [3.8, 4) is 0 Å². The number of imidazole rings is 1. The second-order valence-electron chi connectivity index (χ2n) is 7.03. The summed E-state index contributed by atoms with van der Waals surface area (Å²) in [5, 5.41) is 0. The highest BCUT2D eigenvalue weighted by Gasteiger charge is 2.13. The second-order valence-corrected chi connectivity index (χ2v) is 7.03. The second kappa shape index (κ2) is 7.80. The highest BCUT2D eigenvalue weighted by atomic mass is 14.9. The zero-order valence-electron chi connectivity index (χ0n) is 14.0. The van der Waals surface area contributed by atoms with E-state index in [2.05, 4.69) is 30.1 Å². The van der Waals surface area contributed by atoms with Crippen LogP contribution in [0.2, 0.25) is 0 Å². The first-order valence-corrected chi connectivity index (χ1v) is 9.32. The van der Waals surface area contributed by atoms with Gasteiger partial charge in [-0.15, -0.1) is 0 Å². The smallest absolute Gasteiger partial charge is 0.107 e. The molecule has 1 saturated carbocycles. The molecule has 0 bridgehead atoms. The average molecular weight is 298 g/mol. The Morgan fingerprint density at radius 1 is 1.09 bits per heavy atom. The topological polar surface area (TPSA) is 28.7 Å². The average Bonchev–Trinajstić information content (AvgIpc) is 2.96. The molecular formula is C20H30N2. The number of unbranched alkanes of at least 4 members (excludes halogenated alkanes) is 1. The van der Waals surface area contributed by atoms with E-state index < -0.39 is 0 Å². The van der Waals surface area contributed by atoms with Crippen molar-refractivity contribution in [2.45, 2.75) is 77.6 Å². The van der Waals surface area contributed by atoms with Crippen molar-refractivity contribution in [2.24, 2.45) is 5.92 Å². The lowest BCUT2D eigenvalue weighted by molar-refractivity contribution is 0.332. The molecule has 0 radical (unpaired) electrons. The SMILES string of the molecule is CCCCc1ccc2nc(CCCC3CCCCC3)[nH]c2c1. The lowest BCUT2D eigenvalue weighted by Crippen LogP contribution is -2.06. The zero-order valence-corrected chi connectivity index (χ0v) is 14.0. The van der Waals surface area contributed by atoms with Crippen LogP contribution in [0.15, 0.2) is 18.2 Å². The van der Waals surface area contributed by atoms with Crippen molar-refractivity contribution in [2.75, 3.05) is 0 Å². The van der Waals surface area contributed by atoms with E-state index in [1.165, 1.54) is 81.1 Å². The van der Waals surface area contributed by atoms with Gasteiger partial charge >= 0.3 is 0 Å². The predicted molar refractivity (Wildman–Crippen MR) is 94.2 cm³/mol. The molecule has 1 N–H and O–H groups in total. The predicted octanol–water partition coefficient (Wildman–Crippen LogP) is 5.81. The Morgan fingerprint density at radius 2 is 1.95 bits per heavy atom. The van der Waals surface area contributed by atoms with Crippen molar-refractivity contribution in [1.29, 1.82) is 0 Å². The highest BCUT2D eigenvalue weighted by Crippen LogP contribution is 2.27. The molecule has 2 aromatic rings. The molecule has 1 fully saturated rings. The van der Waals surface area contributed by atoms with Crippen LogP contribution in [-0.2, 0) is 12.8 Å². The first-order chi connectivity index (χ1) is 10.8. The Hall–Kier alpha value is -1.31. The maximum atomic E-state index is 4.76. The van der Waals surface area contributed by atoms with Crippen LogP contribution in [0, 0.1) is 5.92 Å². The fourth-order valence-electron chi connectivity index (χ4n) is 3.80. The van der Waals surface area contributed by atoms with Crippen LogP contribution in [0.1, 0.15) is 76.1 Å². The van der Waals surface area contributed by atoms with E-state index in [0.29, 0.717) is 0 Å². The molecule has 0 spiro atoms. The van der Waals surface area contributed by atoms with Gasteiger partial charge in [0.2, 0.25) is 0 Å². The van der Waals surface area contributed by atoms with Gasteiger partial charge in [-0.3, -0.25) is 0 Å². The number of hydrogen-bond donors (Lipinski definition) is 1. The Morgan fingerprint density at radius 3 is 2.77 bits per heavy atom. The number of nitrogens with zero attached hydrogens (tertiary/aromatic N) is 1. The quantitative estimate of drug-likeness (QED) is 0.686. The third kappa shape index (κ3) is 4.12. The Balaban J connectivity index is 1.54. The van der Waals surface area contributed by atoms with E-state index in [4.69, 9.17) is 4.98 Å². The van der Waals surface area contributed by atoms with Gasteiger partial charge in [0.05, 0.1) is 11.0 Å². The fraction of sp³-hybridized carbons (Fsp3) is 0.650. The molecular weight excluding hydrogens is 268 g/mol. The van der Waals surface area contributed by atoms with Crippen LogP contribution in [0.4, 0.5) is 0 Å². The fourth-order valence-corrected chi connectivity index (χ4v) is 3.80. The van der Waals surface area contributed by atoms with E-state index >= 15 is 0 Å². The molecule has 120 valence electrons. The number of aromatic nitrogens is 2. The molecule has 0 amide bonds. The summed E-state index contributed by atoms with van der Waals surface area (Å²) in [5.41, 5.74) is 3.79. The van der Waals surface area contributed by atoms with Crippen LogP contribution < -0.4 is 0 Å². The number of rotatable bonds is 7. The number of nitrogens with one attached hydrogen (secondary N) is 1. The molecule has 0 aliphatic heterocycles. The summed E-state index contributed by atoms with van der Waals surface area (Å²) in [6.07, 6.45) is 14.8. The minimum absolute atomic E-state index is 0.985. The normalized spacial score (nSPS) is 16.4. The molecule has 0 saturated heterocycles. The number of H-pyrrole nitrogens is 1. The first kappa shape index (κ1) is 15.6. The van der Waals surface area contributed by atoms with Crippen LogP contribution in [0.25, 0.3) is 11.0 Å². The Bertz CT molecular complexity index is 578. The summed E-state index contributed by atoms with van der Waals surface area (Å²) in [6, 6.07) is 6.72. The van der Waals surface area contributed by atoms with Gasteiger partial charge in [-0.2, -0.15) is 0 Å². The molecule has 2 nitrogen and oxygen atoms in total. The number of aryl methyl sites for hydroxylation is 2. The molecule has 0 unspecified atom stereocenters. The van der Waals surface area contributed by atoms with E-state index in [1.807, 2.05) is 0 Å². The Labute approximate surface area is 134 Å². The molecule has 2 heteroatoms. The van der Waals surface area contributed by atoms with Crippen LogP contribution in [-0.4, -0.2) is 9.97 Å². The maximum Gasteiger partial charge on any atom is 0.107 e. The lowest BCUT2D eigenvalue weighted by atomic mass is 9.86. The lowest BCUT2D eigenvalue weighted by Gasteiger charge is -2.20. The minimum Gasteiger partial charge on any atom is -0.342 e. The zero-order chi connectivity index (χ0) is 15.2. The molecule has 3 rings (SSSR count). The highest BCUT2D eigenvalue weighted by molar-refractivity contribution is 5.75. The standard InChI is InChI=1S/C20H30N2/c1-2-3-8-17-13-14-18-19(15-17)22-20(21-18)12-7-11-16-9-5-4-6-10-16/h13-16H,2-12H2,1H3,(H,21,22). The van der Waals surface area contributed by atoms with Crippen molar-refractivity contribution in [1.82, 2.24) is 9.97 Å². The Kier molecular flexibility index (Phi) is 5.53. The van der Waals surface area contributed by atoms with Gasteiger partial charge in [0.15, 0.2) is 0 Å². The summed E-state index contributed by atoms with van der Waals surface area (Å²) in [7, 11) is 0. The summed E-state index contributed by atoms with van der Waals surface area (Å²) in [6.45, 7) is 2.25. The summed E-state index contributed by atoms with van der Waals surface area (Å²) in [4.78, 5) is 8.30. The van der Waals surface area contributed by atoms with E-state index in [1.54, 1.807) is 0 Å². The van der Waals surface area contributed by atoms with Gasteiger partial charge in [0.25, 0.3) is 0 Å². The third-order valence-electron chi connectivity index (χ3n) is 5.17. The van der Waals surface area contributed by atoms with Crippen molar-refractivity contribution >= 4 is 11.0 Å². The number of hydrogen-bond acceptors (Lipinski definition) is 1. The van der Waals surface area contributed by atoms with Crippen molar-refractivity contribution < 1.29 is 0 Å². The van der Waals surface area contributed by atoms with E-state index in [-0.39, 0.29) is 0 Å². The molecule has 0 atom stereocenters. The number of benzene rings is 1. The molecule has 1 aromatic heterocycles. The van der Waals surface area contributed by atoms with Crippen molar-refractivity contribution in [3.05, 3.63) is 29.6 Å². The van der Waals surface area contributed by atoms with E-state index in [0.717, 1.165) is 17.9 Å². The molecule has 22 heavy (non-hydrogen) atoms. The molecule has 1 aromatic carbocycles. The third-order valence-corrected chi connectivity index (χ3v) is 5.17. The molecule has 1 aliphatic carbocycles. The van der Waals surface area contributed by atoms with Crippen LogP contribution >= 0.6 is 0 Å². The van der Waals surface area contributed by atoms with E-state index in [9.17, 15) is 0 Å².